The van der Waals surface area contributed by atoms with E-state index in [1.165, 1.54) is 5.56 Å². The fourth-order valence-corrected chi connectivity index (χ4v) is 2.04. The maximum atomic E-state index is 11.5. The molecular formula is C14H12N2O2. The van der Waals surface area contributed by atoms with Crippen LogP contribution in [0.1, 0.15) is 18.1 Å². The smallest absolute Gasteiger partial charge is 0.363 e. The van der Waals surface area contributed by atoms with Crippen LogP contribution in [0.2, 0.25) is 0 Å². The van der Waals surface area contributed by atoms with Crippen LogP contribution >= 0.6 is 0 Å². The second-order valence-corrected chi connectivity index (χ2v) is 4.34. The van der Waals surface area contributed by atoms with Gasteiger partial charge in [0.25, 0.3) is 0 Å². The number of aromatic nitrogens is 1. The molecule has 0 saturated carbocycles. The topological polar surface area (TPSA) is 54.5 Å². The Bertz CT molecular complexity index is 708. The van der Waals surface area contributed by atoms with Gasteiger partial charge in [-0.2, -0.15) is 0 Å². The van der Waals surface area contributed by atoms with E-state index in [-0.39, 0.29) is 0 Å². The number of hydrogen-bond acceptors (Lipinski definition) is 3. The van der Waals surface area contributed by atoms with Gasteiger partial charge in [-0.3, -0.25) is 0 Å². The maximum Gasteiger partial charge on any atom is 0.363 e. The molecule has 1 N–H and O–H groups in total. The summed E-state index contributed by atoms with van der Waals surface area (Å²) < 4.78 is 4.89. The zero-order valence-corrected chi connectivity index (χ0v) is 10.2. The Kier molecular flexibility index (Phi) is 2.30. The first-order chi connectivity index (χ1) is 8.63. The number of carbonyl (C=O) groups is 1. The summed E-state index contributed by atoms with van der Waals surface area (Å²) in [4.78, 5) is 18.7. The number of aryl methyl sites for hydroxylation is 1. The predicted octanol–water partition coefficient (Wildman–Crippen LogP) is 2.79. The highest BCUT2D eigenvalue weighted by atomic mass is 16.6. The molecule has 0 saturated heterocycles. The van der Waals surface area contributed by atoms with E-state index in [0.29, 0.717) is 11.6 Å². The molecule has 1 aromatic carbocycles. The summed E-state index contributed by atoms with van der Waals surface area (Å²) >= 11 is 0. The zero-order valence-electron chi connectivity index (χ0n) is 10.2. The van der Waals surface area contributed by atoms with Gasteiger partial charge in [0, 0.05) is 29.6 Å². The summed E-state index contributed by atoms with van der Waals surface area (Å²) in [6.07, 6.45) is 3.61. The van der Waals surface area contributed by atoms with Crippen LogP contribution in [-0.4, -0.2) is 16.9 Å². The average molecular weight is 240 g/mol. The molecule has 1 aliphatic heterocycles. The third kappa shape index (κ3) is 1.72. The van der Waals surface area contributed by atoms with Gasteiger partial charge < -0.3 is 9.72 Å². The van der Waals surface area contributed by atoms with Gasteiger partial charge >= 0.3 is 5.97 Å². The monoisotopic (exact) mass is 240 g/mol. The molecule has 0 spiro atoms. The molecule has 1 aliphatic rings. The predicted molar refractivity (Wildman–Crippen MR) is 70.2 cm³/mol. The second kappa shape index (κ2) is 3.84. The van der Waals surface area contributed by atoms with Gasteiger partial charge in [0.05, 0.1) is 0 Å². The first-order valence-electron chi connectivity index (χ1n) is 5.70. The molecule has 4 nitrogen and oxygen atoms in total. The van der Waals surface area contributed by atoms with Gasteiger partial charge in [-0.1, -0.05) is 12.1 Å². The highest BCUT2D eigenvalue weighted by Gasteiger charge is 2.20. The Hall–Kier alpha value is -2.36. The van der Waals surface area contributed by atoms with Crippen molar-refractivity contribution in [3.63, 3.8) is 0 Å². The number of benzene rings is 1. The number of nitrogens with zero attached hydrogens (tertiary/aromatic N) is 1. The normalized spacial score (nSPS) is 17.3. The van der Waals surface area contributed by atoms with Crippen molar-refractivity contribution >= 4 is 28.8 Å². The summed E-state index contributed by atoms with van der Waals surface area (Å²) in [5, 5.41) is 1.07. The number of esters is 1. The molecule has 0 radical (unpaired) electrons. The molecule has 2 heterocycles. The Morgan fingerprint density at radius 2 is 2.17 bits per heavy atom. The molecule has 4 heteroatoms. The fraction of sp³-hybridized carbons (Fsp3) is 0.143. The van der Waals surface area contributed by atoms with Crippen LogP contribution in [0.5, 0.6) is 0 Å². The van der Waals surface area contributed by atoms with Crippen LogP contribution in [0.25, 0.3) is 17.0 Å². The lowest BCUT2D eigenvalue weighted by molar-refractivity contribution is -0.130. The van der Waals surface area contributed by atoms with E-state index < -0.39 is 5.97 Å². The quantitative estimate of drug-likeness (QED) is 0.615. The van der Waals surface area contributed by atoms with E-state index in [2.05, 4.69) is 16.0 Å². The van der Waals surface area contributed by atoms with Gasteiger partial charge in [-0.05, 0) is 24.6 Å². The SMILES string of the molecule is CC1=N/C(=C/c2c[nH]c3cc(C)ccc23)C(=O)O1. The molecule has 1 aromatic heterocycles. The third-order valence-electron chi connectivity index (χ3n) is 2.89. The van der Waals surface area contributed by atoms with Crippen molar-refractivity contribution < 1.29 is 9.53 Å². The number of aromatic amines is 1. The van der Waals surface area contributed by atoms with Gasteiger partial charge in [-0.15, -0.1) is 0 Å². The number of rotatable bonds is 1. The largest absolute Gasteiger partial charge is 0.407 e. The van der Waals surface area contributed by atoms with Crippen LogP contribution in [-0.2, 0) is 9.53 Å². The Morgan fingerprint density at radius 3 is 2.89 bits per heavy atom. The molecule has 3 rings (SSSR count). The standard InChI is InChI=1S/C14H12N2O2/c1-8-3-4-11-10(7-15-12(11)5-8)6-13-14(17)18-9(2)16-13/h3-7,15H,1-2H3/b13-6+. The molecule has 0 atom stereocenters. The minimum absolute atomic E-state index is 0.342. The number of aliphatic imine (C=N–C) groups is 1. The molecule has 90 valence electrons. The van der Waals surface area contributed by atoms with E-state index in [1.807, 2.05) is 25.3 Å². The summed E-state index contributed by atoms with van der Waals surface area (Å²) in [7, 11) is 0. The fourth-order valence-electron chi connectivity index (χ4n) is 2.04. The number of fused-ring (bicyclic) bond motifs is 1. The van der Waals surface area contributed by atoms with Crippen molar-refractivity contribution in [2.24, 2.45) is 4.99 Å². The highest BCUT2D eigenvalue weighted by Crippen LogP contribution is 2.23. The first kappa shape index (κ1) is 10.8. The lowest BCUT2D eigenvalue weighted by Crippen LogP contribution is -1.99. The van der Waals surface area contributed by atoms with Crippen molar-refractivity contribution in [1.29, 1.82) is 0 Å². The van der Waals surface area contributed by atoms with Gasteiger partial charge in [0.1, 0.15) is 0 Å². The lowest BCUT2D eigenvalue weighted by Gasteiger charge is -1.94. The van der Waals surface area contributed by atoms with E-state index in [4.69, 9.17) is 4.74 Å². The van der Waals surface area contributed by atoms with Crippen molar-refractivity contribution in [2.45, 2.75) is 13.8 Å². The van der Waals surface area contributed by atoms with Crippen molar-refractivity contribution in [1.82, 2.24) is 4.98 Å². The zero-order chi connectivity index (χ0) is 12.7. The third-order valence-corrected chi connectivity index (χ3v) is 2.89. The van der Waals surface area contributed by atoms with Crippen LogP contribution < -0.4 is 0 Å². The van der Waals surface area contributed by atoms with Crippen molar-refractivity contribution in [3.05, 3.63) is 41.2 Å². The molecule has 0 unspecified atom stereocenters. The second-order valence-electron chi connectivity index (χ2n) is 4.34. The Morgan fingerprint density at radius 1 is 1.33 bits per heavy atom. The number of cyclic esters (lactones) is 1. The minimum atomic E-state index is -0.394. The molecule has 18 heavy (non-hydrogen) atoms. The van der Waals surface area contributed by atoms with E-state index in [0.717, 1.165) is 16.5 Å². The number of hydrogen-bond donors (Lipinski definition) is 1. The number of nitrogens with one attached hydrogen (secondary N) is 1. The molecule has 0 bridgehead atoms. The Labute approximate surface area is 104 Å². The summed E-state index contributed by atoms with van der Waals surface area (Å²) in [5.41, 5.74) is 3.52. The first-order valence-corrected chi connectivity index (χ1v) is 5.70. The van der Waals surface area contributed by atoms with Crippen LogP contribution in [0, 0.1) is 6.92 Å². The van der Waals surface area contributed by atoms with E-state index in [1.54, 1.807) is 13.0 Å². The molecule has 0 fully saturated rings. The van der Waals surface area contributed by atoms with Crippen LogP contribution in [0.4, 0.5) is 0 Å². The maximum absolute atomic E-state index is 11.5. The average Bonchev–Trinajstić information content (AvgIpc) is 2.84. The van der Waals surface area contributed by atoms with Gasteiger partial charge in [0.15, 0.2) is 11.6 Å². The van der Waals surface area contributed by atoms with Crippen molar-refractivity contribution in [2.75, 3.05) is 0 Å². The molecule has 0 amide bonds. The number of H-pyrrole nitrogens is 1. The van der Waals surface area contributed by atoms with Crippen LogP contribution in [0.15, 0.2) is 35.1 Å². The Balaban J connectivity index is 2.11. The molecule has 2 aromatic rings. The lowest BCUT2D eigenvalue weighted by atomic mass is 10.1. The number of carbonyl (C=O) groups excluding carboxylic acids is 1. The van der Waals surface area contributed by atoms with Crippen molar-refractivity contribution in [3.8, 4) is 0 Å². The molecular weight excluding hydrogens is 228 g/mol. The summed E-state index contributed by atoms with van der Waals surface area (Å²) in [6, 6.07) is 6.14. The van der Waals surface area contributed by atoms with Gasteiger partial charge in [0.2, 0.25) is 0 Å². The molecule has 0 aliphatic carbocycles. The van der Waals surface area contributed by atoms with Crippen LogP contribution in [0.3, 0.4) is 0 Å². The summed E-state index contributed by atoms with van der Waals surface area (Å²) in [6.45, 7) is 3.71. The van der Waals surface area contributed by atoms with E-state index in [9.17, 15) is 4.79 Å². The highest BCUT2D eigenvalue weighted by molar-refractivity contribution is 6.07. The van der Waals surface area contributed by atoms with E-state index >= 15 is 0 Å². The minimum Gasteiger partial charge on any atom is -0.407 e. The summed E-state index contributed by atoms with van der Waals surface area (Å²) in [5.74, 6) is -0.00380. The number of ether oxygens (including phenoxy) is 1. The van der Waals surface area contributed by atoms with Gasteiger partial charge in [-0.25, -0.2) is 9.79 Å².